The molecule has 0 atom stereocenters. The highest BCUT2D eigenvalue weighted by atomic mass is 16.4. The molecule has 0 fully saturated rings. The summed E-state index contributed by atoms with van der Waals surface area (Å²) >= 11 is 0. The van der Waals surface area contributed by atoms with E-state index < -0.39 is 5.97 Å². The summed E-state index contributed by atoms with van der Waals surface area (Å²) in [5.41, 5.74) is 2.18. The zero-order chi connectivity index (χ0) is 12.1. The van der Waals surface area contributed by atoms with Crippen LogP contribution in [0.5, 0.6) is 0 Å². The first-order valence-corrected chi connectivity index (χ1v) is 5.30. The monoisotopic (exact) mass is 223 g/mol. The molecule has 1 aromatic rings. The highest BCUT2D eigenvalue weighted by Gasteiger charge is 2.09. The van der Waals surface area contributed by atoms with Crippen LogP contribution in [-0.4, -0.2) is 35.9 Å². The van der Waals surface area contributed by atoms with Crippen molar-refractivity contribution >= 4 is 11.7 Å². The number of aryl methyl sites for hydroxylation is 1. The minimum absolute atomic E-state index is 0.0912. The Morgan fingerprint density at radius 2 is 2.12 bits per heavy atom. The van der Waals surface area contributed by atoms with Crippen molar-refractivity contribution in [1.82, 2.24) is 0 Å². The van der Waals surface area contributed by atoms with Crippen LogP contribution in [-0.2, 0) is 0 Å². The Kier molecular flexibility index (Phi) is 4.31. The van der Waals surface area contributed by atoms with Gasteiger partial charge in [-0.3, -0.25) is 0 Å². The maximum atomic E-state index is 10.8. The number of aromatic carboxylic acids is 1. The van der Waals surface area contributed by atoms with Crippen LogP contribution in [0.3, 0.4) is 0 Å². The predicted octanol–water partition coefficient (Wildman–Crippen LogP) is 1.51. The number of benzene rings is 1. The van der Waals surface area contributed by atoms with E-state index in [-0.39, 0.29) is 6.61 Å². The van der Waals surface area contributed by atoms with Crippen LogP contribution in [0, 0.1) is 6.92 Å². The van der Waals surface area contributed by atoms with E-state index in [0.29, 0.717) is 12.1 Å². The fourth-order valence-corrected chi connectivity index (χ4v) is 1.71. The highest BCUT2D eigenvalue weighted by molar-refractivity contribution is 5.88. The zero-order valence-electron chi connectivity index (χ0n) is 9.60. The Labute approximate surface area is 95.1 Å². The summed E-state index contributed by atoms with van der Waals surface area (Å²) in [6.45, 7) is 5.31. The summed E-state index contributed by atoms with van der Waals surface area (Å²) < 4.78 is 0. The molecular formula is C12H17NO3. The average Bonchev–Trinajstić information content (AvgIpc) is 2.26. The Morgan fingerprint density at radius 1 is 1.44 bits per heavy atom. The summed E-state index contributed by atoms with van der Waals surface area (Å²) in [4.78, 5) is 12.8. The lowest BCUT2D eigenvalue weighted by Gasteiger charge is -2.24. The van der Waals surface area contributed by atoms with Crippen LogP contribution in [0.4, 0.5) is 5.69 Å². The van der Waals surface area contributed by atoms with Crippen molar-refractivity contribution in [2.45, 2.75) is 13.8 Å². The zero-order valence-corrected chi connectivity index (χ0v) is 9.60. The Morgan fingerprint density at radius 3 is 2.56 bits per heavy atom. The molecule has 4 heteroatoms. The third-order valence-corrected chi connectivity index (χ3v) is 2.54. The Balaban J connectivity index is 3.01. The minimum atomic E-state index is -0.917. The quantitative estimate of drug-likeness (QED) is 0.794. The molecule has 0 heterocycles. The molecular weight excluding hydrogens is 206 g/mol. The van der Waals surface area contributed by atoms with E-state index in [1.807, 2.05) is 18.7 Å². The van der Waals surface area contributed by atoms with Gasteiger partial charge in [-0.2, -0.15) is 0 Å². The van der Waals surface area contributed by atoms with Gasteiger partial charge in [-0.15, -0.1) is 0 Å². The molecule has 0 aliphatic heterocycles. The molecule has 16 heavy (non-hydrogen) atoms. The smallest absolute Gasteiger partial charge is 0.335 e. The summed E-state index contributed by atoms with van der Waals surface area (Å²) in [6, 6.07) is 5.03. The number of carboxylic acids is 1. The van der Waals surface area contributed by atoms with E-state index in [1.54, 1.807) is 18.2 Å². The van der Waals surface area contributed by atoms with Crippen molar-refractivity contribution in [3.8, 4) is 0 Å². The lowest BCUT2D eigenvalue weighted by Crippen LogP contribution is -2.26. The minimum Gasteiger partial charge on any atom is -0.478 e. The van der Waals surface area contributed by atoms with Crippen LogP contribution in [0.15, 0.2) is 18.2 Å². The van der Waals surface area contributed by atoms with E-state index in [2.05, 4.69) is 0 Å². The average molecular weight is 223 g/mol. The Hall–Kier alpha value is -1.55. The van der Waals surface area contributed by atoms with Crippen molar-refractivity contribution in [3.63, 3.8) is 0 Å². The lowest BCUT2D eigenvalue weighted by atomic mass is 10.1. The molecule has 0 aliphatic rings. The van der Waals surface area contributed by atoms with E-state index in [4.69, 9.17) is 10.2 Å². The van der Waals surface area contributed by atoms with Gasteiger partial charge in [-0.25, -0.2) is 4.79 Å². The van der Waals surface area contributed by atoms with Crippen molar-refractivity contribution in [1.29, 1.82) is 0 Å². The topological polar surface area (TPSA) is 60.8 Å². The van der Waals surface area contributed by atoms with Gasteiger partial charge >= 0.3 is 5.97 Å². The number of hydrogen-bond acceptors (Lipinski definition) is 3. The van der Waals surface area contributed by atoms with E-state index >= 15 is 0 Å². The summed E-state index contributed by atoms with van der Waals surface area (Å²) in [7, 11) is 0. The number of hydrogen-bond donors (Lipinski definition) is 2. The third kappa shape index (κ3) is 2.73. The standard InChI is InChI=1S/C12H17NO3/c1-3-13(6-7-14)11-5-4-10(12(15)16)8-9(11)2/h4-5,8,14H,3,6-7H2,1-2H3,(H,15,16). The molecule has 0 unspecified atom stereocenters. The van der Waals surface area contributed by atoms with Gasteiger partial charge < -0.3 is 15.1 Å². The number of carbonyl (C=O) groups is 1. The number of likely N-dealkylation sites (N-methyl/N-ethyl adjacent to an activating group) is 1. The molecule has 88 valence electrons. The highest BCUT2D eigenvalue weighted by Crippen LogP contribution is 2.21. The van der Waals surface area contributed by atoms with E-state index in [1.165, 1.54) is 0 Å². The largest absolute Gasteiger partial charge is 0.478 e. The number of aliphatic hydroxyl groups excluding tert-OH is 1. The van der Waals surface area contributed by atoms with Gasteiger partial charge in [0.25, 0.3) is 0 Å². The van der Waals surface area contributed by atoms with Crippen molar-refractivity contribution in [2.24, 2.45) is 0 Å². The second-order valence-corrected chi connectivity index (χ2v) is 3.61. The second-order valence-electron chi connectivity index (χ2n) is 3.61. The van der Waals surface area contributed by atoms with Crippen molar-refractivity contribution < 1.29 is 15.0 Å². The van der Waals surface area contributed by atoms with Crippen LogP contribution in [0.2, 0.25) is 0 Å². The van der Waals surface area contributed by atoms with Gasteiger partial charge in [0, 0.05) is 18.8 Å². The number of aliphatic hydroxyl groups is 1. The Bertz CT molecular complexity index is 377. The number of anilines is 1. The van der Waals surface area contributed by atoms with Crippen LogP contribution in [0.1, 0.15) is 22.8 Å². The molecule has 0 aliphatic carbocycles. The van der Waals surface area contributed by atoms with Crippen LogP contribution < -0.4 is 4.90 Å². The van der Waals surface area contributed by atoms with Gasteiger partial charge in [-0.05, 0) is 37.6 Å². The molecule has 0 aromatic heterocycles. The molecule has 0 radical (unpaired) electrons. The fourth-order valence-electron chi connectivity index (χ4n) is 1.71. The molecule has 4 nitrogen and oxygen atoms in total. The maximum Gasteiger partial charge on any atom is 0.335 e. The summed E-state index contributed by atoms with van der Waals surface area (Å²) in [5, 5.41) is 17.8. The summed E-state index contributed by atoms with van der Waals surface area (Å²) in [6.07, 6.45) is 0. The summed E-state index contributed by atoms with van der Waals surface area (Å²) in [5.74, 6) is -0.917. The molecule has 2 N–H and O–H groups in total. The first-order valence-electron chi connectivity index (χ1n) is 5.30. The molecule has 1 aromatic carbocycles. The van der Waals surface area contributed by atoms with Crippen LogP contribution >= 0.6 is 0 Å². The number of carboxylic acid groups (broad SMARTS) is 1. The van der Waals surface area contributed by atoms with E-state index in [0.717, 1.165) is 17.8 Å². The number of rotatable bonds is 5. The first kappa shape index (κ1) is 12.5. The normalized spacial score (nSPS) is 10.2. The second kappa shape index (κ2) is 5.51. The van der Waals surface area contributed by atoms with Gasteiger partial charge in [0.2, 0.25) is 0 Å². The maximum absolute atomic E-state index is 10.8. The van der Waals surface area contributed by atoms with Gasteiger partial charge in [0.1, 0.15) is 0 Å². The molecule has 0 amide bonds. The lowest BCUT2D eigenvalue weighted by molar-refractivity contribution is 0.0697. The predicted molar refractivity (Wildman–Crippen MR) is 63.1 cm³/mol. The van der Waals surface area contributed by atoms with Gasteiger partial charge in [-0.1, -0.05) is 0 Å². The number of nitrogens with zero attached hydrogens (tertiary/aromatic N) is 1. The third-order valence-electron chi connectivity index (χ3n) is 2.54. The molecule has 1 rings (SSSR count). The first-order chi connectivity index (χ1) is 7.60. The van der Waals surface area contributed by atoms with Crippen molar-refractivity contribution in [2.75, 3.05) is 24.6 Å². The fraction of sp³-hybridized carbons (Fsp3) is 0.417. The van der Waals surface area contributed by atoms with Gasteiger partial charge in [0.15, 0.2) is 0 Å². The van der Waals surface area contributed by atoms with E-state index in [9.17, 15) is 4.79 Å². The molecule has 0 saturated heterocycles. The SMILES string of the molecule is CCN(CCO)c1ccc(C(=O)O)cc1C. The molecule has 0 saturated carbocycles. The van der Waals surface area contributed by atoms with Crippen LogP contribution in [0.25, 0.3) is 0 Å². The molecule has 0 spiro atoms. The van der Waals surface area contributed by atoms with Gasteiger partial charge in [0.05, 0.1) is 12.2 Å². The van der Waals surface area contributed by atoms with Crippen molar-refractivity contribution in [3.05, 3.63) is 29.3 Å². The molecule has 0 bridgehead atoms.